The number of ether oxygens (including phenoxy) is 1. The van der Waals surface area contributed by atoms with E-state index in [0.717, 1.165) is 6.42 Å². The summed E-state index contributed by atoms with van der Waals surface area (Å²) in [5.41, 5.74) is 6.27. The van der Waals surface area contributed by atoms with E-state index in [1.54, 1.807) is 17.4 Å². The molecule has 0 radical (unpaired) electrons. The van der Waals surface area contributed by atoms with E-state index in [2.05, 4.69) is 0 Å². The van der Waals surface area contributed by atoms with Crippen LogP contribution in [-0.2, 0) is 13.0 Å². The molecule has 0 bridgehead atoms. The number of non-ortho nitro benzene ring substituents is 1. The largest absolute Gasteiger partial charge is 0.493 e. The van der Waals surface area contributed by atoms with Crippen LogP contribution in [0.2, 0.25) is 0 Å². The van der Waals surface area contributed by atoms with Crippen LogP contribution in [0.4, 0.5) is 5.69 Å². The second-order valence-electron chi connectivity index (χ2n) is 3.93. The standard InChI is InChI=1S/C13H14N2O3S/c14-9-10-8-11(15(16)17)3-4-13(10)18-6-5-12-2-1-7-19-12/h1-4,7-8H,5-6,9,14H2. The maximum Gasteiger partial charge on any atom is 0.270 e. The van der Waals surface area contributed by atoms with E-state index >= 15 is 0 Å². The van der Waals surface area contributed by atoms with E-state index in [4.69, 9.17) is 10.5 Å². The molecule has 0 saturated heterocycles. The molecule has 0 spiro atoms. The first-order chi connectivity index (χ1) is 9.20. The predicted octanol–water partition coefficient (Wildman–Crippen LogP) is 2.74. The first-order valence-corrected chi connectivity index (χ1v) is 6.71. The van der Waals surface area contributed by atoms with E-state index in [1.807, 2.05) is 17.5 Å². The van der Waals surface area contributed by atoms with Crippen molar-refractivity contribution in [2.45, 2.75) is 13.0 Å². The zero-order valence-electron chi connectivity index (χ0n) is 10.2. The van der Waals surface area contributed by atoms with Crippen LogP contribution in [0.5, 0.6) is 5.75 Å². The van der Waals surface area contributed by atoms with Crippen molar-refractivity contribution in [2.24, 2.45) is 5.73 Å². The Bertz CT molecular complexity index is 555. The van der Waals surface area contributed by atoms with Crippen molar-refractivity contribution in [1.82, 2.24) is 0 Å². The van der Waals surface area contributed by atoms with Crippen LogP contribution in [-0.4, -0.2) is 11.5 Å². The number of nitrogens with two attached hydrogens (primary N) is 1. The number of hydrogen-bond acceptors (Lipinski definition) is 5. The molecule has 5 nitrogen and oxygen atoms in total. The zero-order chi connectivity index (χ0) is 13.7. The van der Waals surface area contributed by atoms with Gasteiger partial charge in [0.05, 0.1) is 11.5 Å². The minimum absolute atomic E-state index is 0.0334. The van der Waals surface area contributed by atoms with Crippen LogP contribution in [0.15, 0.2) is 35.7 Å². The smallest absolute Gasteiger partial charge is 0.270 e. The molecule has 0 saturated carbocycles. The molecule has 1 heterocycles. The fourth-order valence-electron chi connectivity index (χ4n) is 1.70. The summed E-state index contributed by atoms with van der Waals surface area (Å²) >= 11 is 1.68. The summed E-state index contributed by atoms with van der Waals surface area (Å²) in [5.74, 6) is 0.615. The van der Waals surface area contributed by atoms with Crippen LogP contribution in [0.25, 0.3) is 0 Å². The minimum Gasteiger partial charge on any atom is -0.493 e. The molecule has 2 rings (SSSR count). The molecule has 0 aliphatic carbocycles. The number of thiophene rings is 1. The lowest BCUT2D eigenvalue weighted by Crippen LogP contribution is -2.06. The summed E-state index contributed by atoms with van der Waals surface area (Å²) in [5, 5.41) is 12.7. The van der Waals surface area contributed by atoms with E-state index in [9.17, 15) is 10.1 Å². The van der Waals surface area contributed by atoms with Gasteiger partial charge in [0.2, 0.25) is 0 Å². The van der Waals surface area contributed by atoms with Gasteiger partial charge >= 0.3 is 0 Å². The predicted molar refractivity (Wildman–Crippen MR) is 74.5 cm³/mol. The third kappa shape index (κ3) is 3.52. The maximum absolute atomic E-state index is 10.7. The Balaban J connectivity index is 2.01. The lowest BCUT2D eigenvalue weighted by Gasteiger charge is -2.09. The van der Waals surface area contributed by atoms with E-state index in [1.165, 1.54) is 17.0 Å². The van der Waals surface area contributed by atoms with Gasteiger partial charge < -0.3 is 10.5 Å². The van der Waals surface area contributed by atoms with E-state index < -0.39 is 4.92 Å². The molecule has 0 aliphatic heterocycles. The summed E-state index contributed by atoms with van der Waals surface area (Å²) in [4.78, 5) is 11.5. The lowest BCUT2D eigenvalue weighted by atomic mass is 10.2. The van der Waals surface area contributed by atoms with Crippen LogP contribution in [0, 0.1) is 10.1 Å². The molecule has 2 aromatic rings. The summed E-state index contributed by atoms with van der Waals surface area (Å²) < 4.78 is 5.64. The number of rotatable bonds is 6. The van der Waals surface area contributed by atoms with Crippen molar-refractivity contribution in [3.05, 3.63) is 56.3 Å². The van der Waals surface area contributed by atoms with Gasteiger partial charge in [0.1, 0.15) is 5.75 Å². The average molecular weight is 278 g/mol. The molecule has 19 heavy (non-hydrogen) atoms. The van der Waals surface area contributed by atoms with E-state index in [-0.39, 0.29) is 12.2 Å². The first kappa shape index (κ1) is 13.5. The van der Waals surface area contributed by atoms with Gasteiger partial charge in [-0.15, -0.1) is 11.3 Å². The van der Waals surface area contributed by atoms with Gasteiger partial charge in [-0.05, 0) is 17.5 Å². The third-order valence-electron chi connectivity index (χ3n) is 2.66. The first-order valence-electron chi connectivity index (χ1n) is 5.83. The highest BCUT2D eigenvalue weighted by Gasteiger charge is 2.10. The Labute approximate surface area is 114 Å². The van der Waals surface area contributed by atoms with Crippen molar-refractivity contribution in [1.29, 1.82) is 0 Å². The Morgan fingerprint density at radius 1 is 1.37 bits per heavy atom. The van der Waals surface area contributed by atoms with Crippen molar-refractivity contribution in [3.63, 3.8) is 0 Å². The van der Waals surface area contributed by atoms with Crippen LogP contribution in [0.3, 0.4) is 0 Å². The highest BCUT2D eigenvalue weighted by molar-refractivity contribution is 7.09. The molecular weight excluding hydrogens is 264 g/mol. The van der Waals surface area contributed by atoms with Gasteiger partial charge in [-0.3, -0.25) is 10.1 Å². The zero-order valence-corrected chi connectivity index (χ0v) is 11.1. The van der Waals surface area contributed by atoms with Crippen molar-refractivity contribution >= 4 is 17.0 Å². The van der Waals surface area contributed by atoms with Crippen LogP contribution < -0.4 is 10.5 Å². The molecule has 100 valence electrons. The summed E-state index contributed by atoms with van der Waals surface area (Å²) in [6, 6.07) is 8.54. The Morgan fingerprint density at radius 3 is 2.84 bits per heavy atom. The quantitative estimate of drug-likeness (QED) is 0.651. The summed E-state index contributed by atoms with van der Waals surface area (Å²) in [6.07, 6.45) is 0.818. The van der Waals surface area contributed by atoms with E-state index in [0.29, 0.717) is 17.9 Å². The van der Waals surface area contributed by atoms with Crippen LogP contribution >= 0.6 is 11.3 Å². The second kappa shape index (κ2) is 6.31. The van der Waals surface area contributed by atoms with Crippen molar-refractivity contribution in [3.8, 4) is 5.75 Å². The number of hydrogen-bond donors (Lipinski definition) is 1. The minimum atomic E-state index is -0.436. The number of nitrogens with zero attached hydrogens (tertiary/aromatic N) is 1. The molecule has 6 heteroatoms. The Hall–Kier alpha value is -1.92. The molecule has 1 aromatic carbocycles. The molecular formula is C13H14N2O3S. The van der Waals surface area contributed by atoms with Crippen molar-refractivity contribution < 1.29 is 9.66 Å². The Morgan fingerprint density at radius 2 is 2.21 bits per heavy atom. The maximum atomic E-state index is 10.7. The van der Waals surface area contributed by atoms with Gasteiger partial charge in [0.25, 0.3) is 5.69 Å². The highest BCUT2D eigenvalue weighted by Crippen LogP contribution is 2.24. The fourth-order valence-corrected chi connectivity index (χ4v) is 2.39. The second-order valence-corrected chi connectivity index (χ2v) is 4.96. The van der Waals surface area contributed by atoms with Gasteiger partial charge in [-0.2, -0.15) is 0 Å². The molecule has 2 N–H and O–H groups in total. The van der Waals surface area contributed by atoms with Gasteiger partial charge in [0.15, 0.2) is 0 Å². The summed E-state index contributed by atoms with van der Waals surface area (Å²) in [7, 11) is 0. The molecule has 1 aromatic heterocycles. The Kier molecular flexibility index (Phi) is 4.48. The number of benzene rings is 1. The number of nitro benzene ring substituents is 1. The normalized spacial score (nSPS) is 10.4. The summed E-state index contributed by atoms with van der Waals surface area (Å²) in [6.45, 7) is 0.751. The molecule has 0 atom stereocenters. The van der Waals surface area contributed by atoms with Gasteiger partial charge in [0, 0.05) is 35.5 Å². The lowest BCUT2D eigenvalue weighted by molar-refractivity contribution is -0.384. The monoisotopic (exact) mass is 278 g/mol. The van der Waals surface area contributed by atoms with Gasteiger partial charge in [-0.1, -0.05) is 6.07 Å². The fraction of sp³-hybridized carbons (Fsp3) is 0.231. The van der Waals surface area contributed by atoms with Gasteiger partial charge in [-0.25, -0.2) is 0 Å². The van der Waals surface area contributed by atoms with Crippen LogP contribution in [0.1, 0.15) is 10.4 Å². The topological polar surface area (TPSA) is 78.4 Å². The molecule has 0 amide bonds. The SMILES string of the molecule is NCc1cc([N+](=O)[O-])ccc1OCCc1cccs1. The molecule has 0 unspecified atom stereocenters. The highest BCUT2D eigenvalue weighted by atomic mass is 32.1. The third-order valence-corrected chi connectivity index (χ3v) is 3.60. The molecule has 0 aliphatic rings. The van der Waals surface area contributed by atoms with Crippen molar-refractivity contribution in [2.75, 3.05) is 6.61 Å². The average Bonchev–Trinajstić information content (AvgIpc) is 2.92. The molecule has 0 fully saturated rings. The number of nitro groups is 1.